The molecule has 2 aromatic heterocycles. The average molecular weight is 570 g/mol. The predicted octanol–water partition coefficient (Wildman–Crippen LogP) is 2.93. The molecule has 2 aromatic carbocycles. The number of carbonyl (C=O) groups is 1. The maximum absolute atomic E-state index is 13.4. The number of morpholine rings is 1. The van der Waals surface area contributed by atoms with Crippen molar-refractivity contribution in [1.29, 1.82) is 0 Å². The second kappa shape index (κ2) is 10.9. The highest BCUT2D eigenvalue weighted by atomic mass is 16.5. The van der Waals surface area contributed by atoms with Crippen LogP contribution in [-0.4, -0.2) is 80.2 Å². The number of nitrogens with one attached hydrogen (secondary N) is 1. The van der Waals surface area contributed by atoms with E-state index in [0.29, 0.717) is 37.0 Å². The number of anilines is 3. The zero-order chi connectivity index (χ0) is 28.7. The zero-order valence-electron chi connectivity index (χ0n) is 23.5. The van der Waals surface area contributed by atoms with Gasteiger partial charge in [0.15, 0.2) is 5.65 Å². The van der Waals surface area contributed by atoms with Crippen LogP contribution in [0.15, 0.2) is 65.8 Å². The summed E-state index contributed by atoms with van der Waals surface area (Å²) in [6.45, 7) is 4.45. The molecule has 0 bridgehead atoms. The average Bonchev–Trinajstić information content (AvgIpc) is 3.78. The van der Waals surface area contributed by atoms with Crippen LogP contribution in [0.3, 0.4) is 0 Å². The number of amides is 1. The third-order valence-corrected chi connectivity index (χ3v) is 8.57. The molecule has 218 valence electrons. The highest BCUT2D eigenvalue weighted by Gasteiger charge is 2.39. The third kappa shape index (κ3) is 5.37. The van der Waals surface area contributed by atoms with Crippen LogP contribution in [-0.2, 0) is 16.1 Å². The lowest BCUT2D eigenvalue weighted by atomic mass is 9.91. The molecule has 0 spiro atoms. The van der Waals surface area contributed by atoms with Gasteiger partial charge in [0, 0.05) is 49.2 Å². The van der Waals surface area contributed by atoms with Crippen LogP contribution >= 0.6 is 0 Å². The van der Waals surface area contributed by atoms with Gasteiger partial charge in [0.05, 0.1) is 37.2 Å². The molecule has 2 saturated heterocycles. The number of piperidine rings is 1. The van der Waals surface area contributed by atoms with Gasteiger partial charge < -0.3 is 25.0 Å². The van der Waals surface area contributed by atoms with Crippen LogP contribution in [0.25, 0.3) is 16.7 Å². The monoisotopic (exact) mass is 569 g/mol. The molecule has 11 nitrogen and oxygen atoms in total. The fourth-order valence-electron chi connectivity index (χ4n) is 5.92. The fourth-order valence-corrected chi connectivity index (χ4v) is 5.92. The van der Waals surface area contributed by atoms with E-state index >= 15 is 0 Å². The van der Waals surface area contributed by atoms with E-state index in [-0.39, 0.29) is 23.9 Å². The van der Waals surface area contributed by atoms with Gasteiger partial charge in [-0.3, -0.25) is 14.2 Å². The van der Waals surface area contributed by atoms with Crippen molar-refractivity contribution in [3.8, 4) is 5.69 Å². The van der Waals surface area contributed by atoms with E-state index in [1.165, 1.54) is 22.8 Å². The minimum Gasteiger partial charge on any atom is -0.388 e. The molecule has 3 fully saturated rings. The summed E-state index contributed by atoms with van der Waals surface area (Å²) < 4.78 is 8.57. The second-order valence-electron chi connectivity index (χ2n) is 11.6. The van der Waals surface area contributed by atoms with Crippen molar-refractivity contribution in [1.82, 2.24) is 24.2 Å². The summed E-state index contributed by atoms with van der Waals surface area (Å²) >= 11 is 0. The van der Waals surface area contributed by atoms with Crippen molar-refractivity contribution in [3.05, 3.63) is 71.4 Å². The molecule has 0 atom stereocenters. The minimum absolute atomic E-state index is 0.134. The quantitative estimate of drug-likeness (QED) is 0.349. The van der Waals surface area contributed by atoms with Crippen LogP contribution in [0.5, 0.6) is 0 Å². The Morgan fingerprint density at radius 3 is 2.50 bits per heavy atom. The van der Waals surface area contributed by atoms with E-state index in [1.807, 2.05) is 29.2 Å². The number of aliphatic hydroxyl groups is 1. The van der Waals surface area contributed by atoms with Gasteiger partial charge in [0.1, 0.15) is 11.7 Å². The van der Waals surface area contributed by atoms with Crippen molar-refractivity contribution >= 4 is 34.0 Å². The Morgan fingerprint density at radius 1 is 1.00 bits per heavy atom. The van der Waals surface area contributed by atoms with Gasteiger partial charge in [-0.15, -0.1) is 0 Å². The topological polar surface area (TPSA) is 118 Å². The maximum atomic E-state index is 13.4. The maximum Gasteiger partial charge on any atom is 0.264 e. The molecule has 2 aliphatic heterocycles. The molecule has 4 aromatic rings. The lowest BCUT2D eigenvalue weighted by Crippen LogP contribution is -2.50. The number of carbonyl (C=O) groups excluding carboxylic acids is 1. The molecule has 1 amide bonds. The molecule has 2 N–H and O–H groups in total. The third-order valence-electron chi connectivity index (χ3n) is 8.57. The minimum atomic E-state index is -1.06. The molecule has 7 rings (SSSR count). The van der Waals surface area contributed by atoms with Gasteiger partial charge in [0.25, 0.3) is 5.56 Å². The van der Waals surface area contributed by atoms with Crippen LogP contribution in [0.1, 0.15) is 25.7 Å². The first-order chi connectivity index (χ1) is 20.5. The Morgan fingerprint density at radius 2 is 1.76 bits per heavy atom. The number of nitrogens with zero attached hydrogens (tertiary/aromatic N) is 6. The summed E-state index contributed by atoms with van der Waals surface area (Å²) in [5, 5.41) is 19.6. The Kier molecular flexibility index (Phi) is 6.91. The largest absolute Gasteiger partial charge is 0.388 e. The molecule has 0 radical (unpaired) electrons. The number of hydrogen-bond acceptors (Lipinski definition) is 8. The van der Waals surface area contributed by atoms with E-state index < -0.39 is 5.60 Å². The number of ether oxygens (including phenoxy) is 1. The predicted molar refractivity (Wildman–Crippen MR) is 159 cm³/mol. The molecular weight excluding hydrogens is 534 g/mol. The normalized spacial score (nSPS) is 18.8. The van der Waals surface area contributed by atoms with Gasteiger partial charge in [-0.05, 0) is 68.1 Å². The lowest BCUT2D eigenvalue weighted by Gasteiger charge is -2.38. The van der Waals surface area contributed by atoms with Crippen molar-refractivity contribution < 1.29 is 14.6 Å². The molecule has 1 saturated carbocycles. The number of hydrogen-bond donors (Lipinski definition) is 2. The van der Waals surface area contributed by atoms with Crippen LogP contribution in [0.2, 0.25) is 0 Å². The van der Waals surface area contributed by atoms with E-state index in [2.05, 4.69) is 44.6 Å². The summed E-state index contributed by atoms with van der Waals surface area (Å²) in [4.78, 5) is 34.5. The SMILES string of the molecule is O=C(C1CC1)N1CCC(O)(Cn2cnc3c(cnn3-c3cccc(Nc4ccc(N5CCOCC5)cc4)c3)c2=O)CC1. The fraction of sp³-hybridized carbons (Fsp3) is 0.419. The Balaban J connectivity index is 1.05. The first kappa shape index (κ1) is 26.7. The second-order valence-corrected chi connectivity index (χ2v) is 11.6. The van der Waals surface area contributed by atoms with E-state index in [9.17, 15) is 14.7 Å². The number of likely N-dealkylation sites (tertiary alicyclic amines) is 1. The first-order valence-corrected chi connectivity index (χ1v) is 14.7. The van der Waals surface area contributed by atoms with Crippen molar-refractivity contribution in [2.75, 3.05) is 49.6 Å². The van der Waals surface area contributed by atoms with Crippen molar-refractivity contribution in [2.45, 2.75) is 37.8 Å². The number of fused-ring (bicyclic) bond motifs is 1. The summed E-state index contributed by atoms with van der Waals surface area (Å²) in [5.74, 6) is 0.372. The van der Waals surface area contributed by atoms with Crippen LogP contribution < -0.4 is 15.8 Å². The summed E-state index contributed by atoms with van der Waals surface area (Å²) in [6.07, 6.45) is 5.83. The molecule has 0 unspecified atom stereocenters. The Hall–Kier alpha value is -4.22. The number of aromatic nitrogens is 4. The standard InChI is InChI=1S/C31H35N7O4/c39-29(22-4-5-22)36-12-10-31(41,11-13-36)20-37-21-32-28-27(30(37)40)19-33-38(28)26-3-1-2-24(18-26)34-23-6-8-25(9-7-23)35-14-16-42-17-15-35/h1-3,6-9,18-19,21-22,34,41H,4-5,10-17,20H2. The smallest absolute Gasteiger partial charge is 0.264 e. The summed E-state index contributed by atoms with van der Waals surface area (Å²) in [6, 6.07) is 16.2. The van der Waals surface area contributed by atoms with Gasteiger partial charge in [0.2, 0.25) is 5.91 Å². The highest BCUT2D eigenvalue weighted by Crippen LogP contribution is 2.33. The van der Waals surface area contributed by atoms with E-state index in [4.69, 9.17) is 4.74 Å². The number of rotatable bonds is 7. The Labute approximate surface area is 243 Å². The molecule has 11 heteroatoms. The Bertz CT molecular complexity index is 1650. The van der Waals surface area contributed by atoms with Gasteiger partial charge in [-0.1, -0.05) is 6.07 Å². The molecular formula is C31H35N7O4. The summed E-state index contributed by atoms with van der Waals surface area (Å²) in [7, 11) is 0. The van der Waals surface area contributed by atoms with Gasteiger partial charge in [-0.25, -0.2) is 9.67 Å². The van der Waals surface area contributed by atoms with E-state index in [1.54, 1.807) is 4.68 Å². The van der Waals surface area contributed by atoms with Crippen LogP contribution in [0, 0.1) is 5.92 Å². The number of benzene rings is 2. The van der Waals surface area contributed by atoms with Crippen molar-refractivity contribution in [2.24, 2.45) is 5.92 Å². The molecule has 1 aliphatic carbocycles. The van der Waals surface area contributed by atoms with Crippen molar-refractivity contribution in [3.63, 3.8) is 0 Å². The first-order valence-electron chi connectivity index (χ1n) is 14.7. The zero-order valence-corrected chi connectivity index (χ0v) is 23.5. The highest BCUT2D eigenvalue weighted by molar-refractivity contribution is 5.81. The summed E-state index contributed by atoms with van der Waals surface area (Å²) in [5.41, 5.74) is 2.96. The van der Waals surface area contributed by atoms with Crippen LogP contribution in [0.4, 0.5) is 17.1 Å². The van der Waals surface area contributed by atoms with E-state index in [0.717, 1.165) is 56.2 Å². The molecule has 3 aliphatic rings. The van der Waals surface area contributed by atoms with Gasteiger partial charge >= 0.3 is 0 Å². The molecule has 42 heavy (non-hydrogen) atoms. The van der Waals surface area contributed by atoms with Gasteiger partial charge in [-0.2, -0.15) is 5.10 Å². The molecule has 4 heterocycles. The lowest BCUT2D eigenvalue weighted by molar-refractivity contribution is -0.137.